The molecule has 0 aliphatic carbocycles. The fraction of sp³-hybridized carbons (Fsp3) is 0.500. The number of aryl methyl sites for hydroxylation is 1. The molecule has 0 aromatic heterocycles. The highest BCUT2D eigenvalue weighted by Gasteiger charge is 2.28. The molecule has 98 valence electrons. The van der Waals surface area contributed by atoms with Gasteiger partial charge in [-0.05, 0) is 37.9 Å². The zero-order chi connectivity index (χ0) is 13.1. The number of nitrogens with two attached hydrogens (primary N) is 1. The molecule has 1 aromatic carbocycles. The van der Waals surface area contributed by atoms with Crippen molar-refractivity contribution < 1.29 is 14.6 Å². The number of hydrogen-bond donors (Lipinski definition) is 2. The molecule has 0 spiro atoms. The van der Waals surface area contributed by atoms with E-state index in [-0.39, 0.29) is 6.10 Å². The number of ether oxygens (including phenoxy) is 1. The van der Waals surface area contributed by atoms with Gasteiger partial charge in [0, 0.05) is 6.42 Å². The number of benzene rings is 1. The highest BCUT2D eigenvalue weighted by Crippen LogP contribution is 2.32. The van der Waals surface area contributed by atoms with Crippen molar-refractivity contribution in [3.63, 3.8) is 0 Å². The van der Waals surface area contributed by atoms with Crippen LogP contribution in [0.3, 0.4) is 0 Å². The summed E-state index contributed by atoms with van der Waals surface area (Å²) < 4.78 is 5.78. The van der Waals surface area contributed by atoms with Crippen LogP contribution in [0.5, 0.6) is 5.75 Å². The van der Waals surface area contributed by atoms with Crippen molar-refractivity contribution in [3.8, 4) is 5.75 Å². The third-order valence-corrected chi connectivity index (χ3v) is 3.37. The van der Waals surface area contributed by atoms with Gasteiger partial charge < -0.3 is 15.6 Å². The van der Waals surface area contributed by atoms with Crippen LogP contribution in [0.4, 0.5) is 0 Å². The largest absolute Gasteiger partial charge is 0.490 e. The summed E-state index contributed by atoms with van der Waals surface area (Å²) in [6, 6.07) is 6.08. The molecule has 0 fully saturated rings. The maximum atomic E-state index is 11.1. The molecule has 2 unspecified atom stereocenters. The first-order valence-electron chi connectivity index (χ1n) is 6.29. The molecular weight excluding hydrogens is 230 g/mol. The van der Waals surface area contributed by atoms with Gasteiger partial charge in [-0.1, -0.05) is 17.7 Å². The summed E-state index contributed by atoms with van der Waals surface area (Å²) in [5.74, 6) is -0.297. The Kier molecular flexibility index (Phi) is 3.87. The Morgan fingerprint density at radius 1 is 1.61 bits per heavy atom. The zero-order valence-electron chi connectivity index (χ0n) is 10.6. The van der Waals surface area contributed by atoms with E-state index in [1.54, 1.807) is 0 Å². The number of aliphatic carboxylic acids is 1. The lowest BCUT2D eigenvalue weighted by Crippen LogP contribution is -2.25. The molecule has 1 heterocycles. The predicted octanol–water partition coefficient (Wildman–Crippen LogP) is 1.74. The average Bonchev–Trinajstić information content (AvgIpc) is 2.69. The summed E-state index contributed by atoms with van der Waals surface area (Å²) >= 11 is 0. The van der Waals surface area contributed by atoms with Crippen LogP contribution in [0.25, 0.3) is 0 Å². The van der Waals surface area contributed by atoms with Crippen molar-refractivity contribution in [1.29, 1.82) is 0 Å². The Balaban J connectivity index is 2.00. The molecule has 0 radical (unpaired) electrons. The Morgan fingerprint density at radius 3 is 3.06 bits per heavy atom. The van der Waals surface area contributed by atoms with Gasteiger partial charge in [0.15, 0.2) is 0 Å². The molecule has 1 aliphatic heterocycles. The van der Waals surface area contributed by atoms with Gasteiger partial charge in [0.25, 0.3) is 0 Å². The molecule has 0 bridgehead atoms. The molecule has 0 saturated heterocycles. The molecular formula is C14H19NO3. The first-order chi connectivity index (χ1) is 8.60. The third-order valence-electron chi connectivity index (χ3n) is 3.37. The van der Waals surface area contributed by atoms with Gasteiger partial charge in [-0.25, -0.2) is 0 Å². The summed E-state index contributed by atoms with van der Waals surface area (Å²) in [5.41, 5.74) is 7.82. The van der Waals surface area contributed by atoms with E-state index in [0.717, 1.165) is 12.2 Å². The van der Waals surface area contributed by atoms with Crippen molar-refractivity contribution >= 4 is 5.97 Å². The molecule has 4 nitrogen and oxygen atoms in total. The molecule has 1 aromatic rings. The first-order valence-corrected chi connectivity index (χ1v) is 6.29. The first kappa shape index (κ1) is 12.9. The lowest BCUT2D eigenvalue weighted by Gasteiger charge is -2.16. The number of rotatable bonds is 5. The normalized spacial score (nSPS) is 19.1. The molecule has 0 saturated carbocycles. The van der Waals surface area contributed by atoms with Crippen LogP contribution < -0.4 is 10.5 Å². The second-order valence-electron chi connectivity index (χ2n) is 4.90. The summed E-state index contributed by atoms with van der Waals surface area (Å²) in [4.78, 5) is 11.1. The topological polar surface area (TPSA) is 72.6 Å². The minimum atomic E-state index is -0.781. The van der Waals surface area contributed by atoms with Crippen molar-refractivity contribution in [2.24, 2.45) is 11.7 Å². The summed E-state index contributed by atoms with van der Waals surface area (Å²) in [7, 11) is 0. The van der Waals surface area contributed by atoms with E-state index in [1.165, 1.54) is 11.1 Å². The Bertz CT molecular complexity index is 445. The van der Waals surface area contributed by atoms with Crippen LogP contribution in [0.1, 0.15) is 24.0 Å². The van der Waals surface area contributed by atoms with Crippen molar-refractivity contribution in [2.45, 2.75) is 32.3 Å². The smallest absolute Gasteiger partial charge is 0.306 e. The standard InChI is InChI=1S/C14H19NO3/c1-9-2-3-13-11(6-9)8-12(18-13)7-10(4-5-15)14(16)17/h2-3,6,10,12H,4-5,7-8,15H2,1H3,(H,16,17). The van der Waals surface area contributed by atoms with Crippen molar-refractivity contribution in [2.75, 3.05) is 6.54 Å². The second-order valence-corrected chi connectivity index (χ2v) is 4.90. The van der Waals surface area contributed by atoms with Gasteiger partial charge in [0.05, 0.1) is 5.92 Å². The summed E-state index contributed by atoms with van der Waals surface area (Å²) in [6.07, 6.45) is 1.80. The molecule has 2 atom stereocenters. The van der Waals surface area contributed by atoms with Gasteiger partial charge >= 0.3 is 5.97 Å². The van der Waals surface area contributed by atoms with E-state index in [4.69, 9.17) is 15.6 Å². The molecule has 0 amide bonds. The van der Waals surface area contributed by atoms with E-state index in [2.05, 4.69) is 6.07 Å². The van der Waals surface area contributed by atoms with E-state index in [9.17, 15) is 4.79 Å². The van der Waals surface area contributed by atoms with Crippen molar-refractivity contribution in [1.82, 2.24) is 0 Å². The number of fused-ring (bicyclic) bond motifs is 1. The Hall–Kier alpha value is -1.55. The maximum absolute atomic E-state index is 11.1. The highest BCUT2D eigenvalue weighted by atomic mass is 16.5. The Labute approximate surface area is 107 Å². The SMILES string of the molecule is Cc1ccc2c(c1)CC(CC(CCN)C(=O)O)O2. The van der Waals surface area contributed by atoms with Gasteiger partial charge in [-0.3, -0.25) is 4.79 Å². The third kappa shape index (κ3) is 2.82. The van der Waals surface area contributed by atoms with Gasteiger partial charge in [0.2, 0.25) is 0 Å². The van der Waals surface area contributed by atoms with Crippen LogP contribution >= 0.6 is 0 Å². The number of carbonyl (C=O) groups is 1. The minimum absolute atomic E-state index is 0.0329. The van der Waals surface area contributed by atoms with Crippen LogP contribution in [-0.2, 0) is 11.2 Å². The zero-order valence-corrected chi connectivity index (χ0v) is 10.6. The highest BCUT2D eigenvalue weighted by molar-refractivity contribution is 5.70. The molecule has 1 aliphatic rings. The van der Waals surface area contributed by atoms with Gasteiger partial charge in [0.1, 0.15) is 11.9 Å². The average molecular weight is 249 g/mol. The summed E-state index contributed by atoms with van der Waals surface area (Å²) in [6.45, 7) is 2.44. The summed E-state index contributed by atoms with van der Waals surface area (Å²) in [5, 5.41) is 9.11. The fourth-order valence-corrected chi connectivity index (χ4v) is 2.44. The lowest BCUT2D eigenvalue weighted by atomic mass is 9.95. The molecule has 2 rings (SSSR count). The van der Waals surface area contributed by atoms with Crippen LogP contribution in [0, 0.1) is 12.8 Å². The second kappa shape index (κ2) is 5.40. The van der Waals surface area contributed by atoms with E-state index >= 15 is 0 Å². The number of carboxylic acid groups (broad SMARTS) is 1. The minimum Gasteiger partial charge on any atom is -0.490 e. The number of carboxylic acids is 1. The van der Waals surface area contributed by atoms with Crippen molar-refractivity contribution in [3.05, 3.63) is 29.3 Å². The molecule has 4 heteroatoms. The monoisotopic (exact) mass is 249 g/mol. The van der Waals surface area contributed by atoms with E-state index in [1.807, 2.05) is 19.1 Å². The fourth-order valence-electron chi connectivity index (χ4n) is 2.44. The van der Waals surface area contributed by atoms with E-state index in [0.29, 0.717) is 19.4 Å². The van der Waals surface area contributed by atoms with Gasteiger partial charge in [-0.15, -0.1) is 0 Å². The van der Waals surface area contributed by atoms with Crippen LogP contribution in [-0.4, -0.2) is 23.7 Å². The lowest BCUT2D eigenvalue weighted by molar-refractivity contribution is -0.142. The van der Waals surface area contributed by atoms with E-state index < -0.39 is 11.9 Å². The van der Waals surface area contributed by atoms with Crippen LogP contribution in [0.15, 0.2) is 18.2 Å². The quantitative estimate of drug-likeness (QED) is 0.833. The number of hydrogen-bond acceptors (Lipinski definition) is 3. The Morgan fingerprint density at radius 2 is 2.39 bits per heavy atom. The molecule has 3 N–H and O–H groups in total. The predicted molar refractivity (Wildman–Crippen MR) is 68.7 cm³/mol. The van der Waals surface area contributed by atoms with Crippen LogP contribution in [0.2, 0.25) is 0 Å². The maximum Gasteiger partial charge on any atom is 0.306 e. The molecule has 18 heavy (non-hydrogen) atoms. The van der Waals surface area contributed by atoms with Gasteiger partial charge in [-0.2, -0.15) is 0 Å².